The van der Waals surface area contributed by atoms with Crippen molar-refractivity contribution in [3.8, 4) is 11.8 Å². The number of hydrogen-bond donors (Lipinski definition) is 1. The van der Waals surface area contributed by atoms with Crippen molar-refractivity contribution in [1.29, 1.82) is 5.26 Å². The van der Waals surface area contributed by atoms with Crippen LogP contribution in [0.15, 0.2) is 18.3 Å². The first-order valence-corrected chi connectivity index (χ1v) is 3.77. The molecule has 2 rings (SSSR count). The summed E-state index contributed by atoms with van der Waals surface area (Å²) in [5, 5.41) is 16.2. The summed E-state index contributed by atoms with van der Waals surface area (Å²) in [6.45, 7) is 0. The Kier molecular flexibility index (Phi) is 1.64. The number of H-pyrrole nitrogens is 1. The van der Waals surface area contributed by atoms with Gasteiger partial charge in [-0.25, -0.2) is 0 Å². The molecule has 4 nitrogen and oxygen atoms in total. The Morgan fingerprint density at radius 1 is 1.54 bits per heavy atom. The molecule has 2 aromatic rings. The van der Waals surface area contributed by atoms with Crippen LogP contribution in [-0.4, -0.2) is 17.3 Å². The lowest BCUT2D eigenvalue weighted by Gasteiger charge is -2.00. The van der Waals surface area contributed by atoms with Gasteiger partial charge in [-0.15, -0.1) is 0 Å². The molecule has 0 amide bonds. The summed E-state index contributed by atoms with van der Waals surface area (Å²) in [6, 6.07) is 5.55. The first-order chi connectivity index (χ1) is 6.36. The molecular formula is C9H7N3O. The van der Waals surface area contributed by atoms with E-state index < -0.39 is 0 Å². The Morgan fingerprint density at radius 3 is 3.08 bits per heavy atom. The first-order valence-electron chi connectivity index (χ1n) is 3.77. The van der Waals surface area contributed by atoms with Gasteiger partial charge in [0.2, 0.25) is 0 Å². The van der Waals surface area contributed by atoms with Gasteiger partial charge in [0.15, 0.2) is 0 Å². The molecule has 0 radical (unpaired) electrons. The number of methoxy groups -OCH3 is 1. The molecule has 64 valence electrons. The van der Waals surface area contributed by atoms with E-state index in [1.165, 1.54) is 0 Å². The van der Waals surface area contributed by atoms with Gasteiger partial charge in [0.1, 0.15) is 11.8 Å². The molecule has 4 heteroatoms. The summed E-state index contributed by atoms with van der Waals surface area (Å²) in [6.07, 6.45) is 1.65. The molecule has 0 saturated carbocycles. The van der Waals surface area contributed by atoms with Crippen molar-refractivity contribution in [2.75, 3.05) is 7.11 Å². The van der Waals surface area contributed by atoms with E-state index in [0.29, 0.717) is 5.56 Å². The fourth-order valence-corrected chi connectivity index (χ4v) is 1.28. The second kappa shape index (κ2) is 2.79. The van der Waals surface area contributed by atoms with Crippen LogP contribution in [0.1, 0.15) is 5.56 Å². The molecule has 0 unspecified atom stereocenters. The average molecular weight is 173 g/mol. The van der Waals surface area contributed by atoms with E-state index in [1.54, 1.807) is 25.4 Å². The van der Waals surface area contributed by atoms with Crippen molar-refractivity contribution in [3.63, 3.8) is 0 Å². The number of nitriles is 1. The third-order valence-corrected chi connectivity index (χ3v) is 1.92. The molecule has 0 aliphatic carbocycles. The van der Waals surface area contributed by atoms with Crippen molar-refractivity contribution in [2.24, 2.45) is 0 Å². The van der Waals surface area contributed by atoms with Crippen LogP contribution >= 0.6 is 0 Å². The predicted molar refractivity (Wildman–Crippen MR) is 47.4 cm³/mol. The molecule has 1 N–H and O–H groups in total. The van der Waals surface area contributed by atoms with E-state index in [-0.39, 0.29) is 0 Å². The second-order valence-corrected chi connectivity index (χ2v) is 2.59. The van der Waals surface area contributed by atoms with Crippen LogP contribution in [0.25, 0.3) is 10.9 Å². The zero-order chi connectivity index (χ0) is 9.26. The Labute approximate surface area is 74.7 Å². The Hall–Kier alpha value is -2.02. The van der Waals surface area contributed by atoms with Crippen molar-refractivity contribution in [1.82, 2.24) is 10.2 Å². The van der Waals surface area contributed by atoms with Gasteiger partial charge in [-0.3, -0.25) is 5.10 Å². The van der Waals surface area contributed by atoms with Crippen LogP contribution in [-0.2, 0) is 0 Å². The maximum atomic E-state index is 8.78. The molecule has 0 aliphatic rings. The molecule has 0 spiro atoms. The summed E-state index contributed by atoms with van der Waals surface area (Å²) in [4.78, 5) is 0. The van der Waals surface area contributed by atoms with Gasteiger partial charge < -0.3 is 4.74 Å². The fraction of sp³-hybridized carbons (Fsp3) is 0.111. The van der Waals surface area contributed by atoms with Gasteiger partial charge in [-0.05, 0) is 12.1 Å². The standard InChI is InChI=1S/C9H7N3O/c1-13-8-3-2-6(4-10)9-7(8)5-11-12-9/h2-3,5H,1H3,(H,11,12). The van der Waals surface area contributed by atoms with Gasteiger partial charge in [0.25, 0.3) is 0 Å². The highest BCUT2D eigenvalue weighted by Gasteiger charge is 2.06. The third-order valence-electron chi connectivity index (χ3n) is 1.92. The van der Waals surface area contributed by atoms with E-state index in [9.17, 15) is 0 Å². The van der Waals surface area contributed by atoms with E-state index >= 15 is 0 Å². The minimum absolute atomic E-state index is 0.577. The normalized spacial score (nSPS) is 9.85. The molecule has 0 atom stereocenters. The second-order valence-electron chi connectivity index (χ2n) is 2.59. The topological polar surface area (TPSA) is 61.7 Å². The number of hydrogen-bond acceptors (Lipinski definition) is 3. The summed E-state index contributed by atoms with van der Waals surface area (Å²) < 4.78 is 5.12. The summed E-state index contributed by atoms with van der Waals surface area (Å²) in [7, 11) is 1.59. The monoisotopic (exact) mass is 173 g/mol. The lowest BCUT2D eigenvalue weighted by atomic mass is 10.1. The van der Waals surface area contributed by atoms with Crippen LogP contribution in [0.2, 0.25) is 0 Å². The number of ether oxygens (including phenoxy) is 1. The summed E-state index contributed by atoms with van der Waals surface area (Å²) in [5.41, 5.74) is 1.30. The molecular weight excluding hydrogens is 166 g/mol. The number of aromatic amines is 1. The minimum atomic E-state index is 0.577. The SMILES string of the molecule is COc1ccc(C#N)c2[nH]ncc12. The molecule has 1 aromatic heterocycles. The maximum Gasteiger partial charge on any atom is 0.129 e. The van der Waals surface area contributed by atoms with Crippen LogP contribution in [0.4, 0.5) is 0 Å². The lowest BCUT2D eigenvalue weighted by molar-refractivity contribution is 0.420. The van der Waals surface area contributed by atoms with Gasteiger partial charge in [0.05, 0.1) is 29.8 Å². The van der Waals surface area contributed by atoms with E-state index in [2.05, 4.69) is 16.3 Å². The molecule has 0 aliphatic heterocycles. The number of nitrogens with one attached hydrogen (secondary N) is 1. The zero-order valence-corrected chi connectivity index (χ0v) is 7.03. The Bertz CT molecular complexity index is 481. The number of rotatable bonds is 1. The maximum absolute atomic E-state index is 8.78. The molecule has 1 heterocycles. The highest BCUT2D eigenvalue weighted by atomic mass is 16.5. The molecule has 1 aromatic carbocycles. The van der Waals surface area contributed by atoms with Crippen molar-refractivity contribution >= 4 is 10.9 Å². The fourth-order valence-electron chi connectivity index (χ4n) is 1.28. The molecule has 13 heavy (non-hydrogen) atoms. The van der Waals surface area contributed by atoms with E-state index in [1.807, 2.05) is 0 Å². The quantitative estimate of drug-likeness (QED) is 0.709. The van der Waals surface area contributed by atoms with Crippen molar-refractivity contribution in [2.45, 2.75) is 0 Å². The molecule has 0 bridgehead atoms. The first kappa shape index (κ1) is 7.62. The number of benzene rings is 1. The summed E-state index contributed by atoms with van der Waals surface area (Å²) in [5.74, 6) is 0.725. The number of fused-ring (bicyclic) bond motifs is 1. The van der Waals surface area contributed by atoms with Gasteiger partial charge >= 0.3 is 0 Å². The lowest BCUT2D eigenvalue weighted by Crippen LogP contribution is -1.85. The highest BCUT2D eigenvalue weighted by Crippen LogP contribution is 2.25. The van der Waals surface area contributed by atoms with Crippen molar-refractivity contribution < 1.29 is 4.74 Å². The van der Waals surface area contributed by atoms with Gasteiger partial charge in [0, 0.05) is 0 Å². The molecule has 0 fully saturated rings. The molecule has 0 saturated heterocycles. The third kappa shape index (κ3) is 1.02. The van der Waals surface area contributed by atoms with Crippen LogP contribution < -0.4 is 4.74 Å². The van der Waals surface area contributed by atoms with Gasteiger partial charge in [-0.2, -0.15) is 10.4 Å². The largest absolute Gasteiger partial charge is 0.496 e. The minimum Gasteiger partial charge on any atom is -0.496 e. The van der Waals surface area contributed by atoms with E-state index in [0.717, 1.165) is 16.7 Å². The van der Waals surface area contributed by atoms with Crippen molar-refractivity contribution in [3.05, 3.63) is 23.9 Å². The highest BCUT2D eigenvalue weighted by molar-refractivity contribution is 5.89. The zero-order valence-electron chi connectivity index (χ0n) is 7.03. The van der Waals surface area contributed by atoms with Crippen LogP contribution in [0.5, 0.6) is 5.75 Å². The Morgan fingerprint density at radius 2 is 2.38 bits per heavy atom. The van der Waals surface area contributed by atoms with Crippen LogP contribution in [0, 0.1) is 11.3 Å². The van der Waals surface area contributed by atoms with E-state index in [4.69, 9.17) is 10.00 Å². The smallest absolute Gasteiger partial charge is 0.129 e. The summed E-state index contributed by atoms with van der Waals surface area (Å²) >= 11 is 0. The number of nitrogens with zero attached hydrogens (tertiary/aromatic N) is 2. The average Bonchev–Trinajstić information content (AvgIpc) is 2.64. The predicted octanol–water partition coefficient (Wildman–Crippen LogP) is 1.44. The van der Waals surface area contributed by atoms with Gasteiger partial charge in [-0.1, -0.05) is 0 Å². The van der Waals surface area contributed by atoms with Crippen LogP contribution in [0.3, 0.4) is 0 Å². The Balaban J connectivity index is 2.83. The number of aromatic nitrogens is 2.